The molecule has 4 nitrogen and oxygen atoms in total. The summed E-state index contributed by atoms with van der Waals surface area (Å²) in [7, 11) is 0. The summed E-state index contributed by atoms with van der Waals surface area (Å²) in [6.45, 7) is 4.14. The molecule has 80 valence electrons. The van der Waals surface area contributed by atoms with Crippen LogP contribution in [0.3, 0.4) is 0 Å². The van der Waals surface area contributed by atoms with Gasteiger partial charge in [0.1, 0.15) is 28.8 Å². The molecule has 1 heterocycles. The van der Waals surface area contributed by atoms with Crippen molar-refractivity contribution in [1.29, 1.82) is 5.26 Å². The predicted octanol–water partition coefficient (Wildman–Crippen LogP) is 2.28. The minimum atomic E-state index is 0.307. The maximum absolute atomic E-state index is 9.03. The number of hydrogen-bond donors (Lipinski definition) is 1. The topological polar surface area (TPSA) is 61.6 Å². The van der Waals surface area contributed by atoms with Gasteiger partial charge in [-0.15, -0.1) is 11.8 Å². The number of nitrogens with one attached hydrogen (secondary N) is 1. The average molecular weight is 222 g/mol. The van der Waals surface area contributed by atoms with E-state index in [1.807, 2.05) is 6.26 Å². The van der Waals surface area contributed by atoms with E-state index in [1.165, 1.54) is 18.1 Å². The monoisotopic (exact) mass is 222 g/mol. The normalized spacial score (nSPS) is 11.9. The second kappa shape index (κ2) is 5.56. The Bertz CT molecular complexity index is 372. The Kier molecular flexibility index (Phi) is 4.37. The molecule has 0 spiro atoms. The Labute approximate surface area is 94.1 Å². The molecular formula is C10H14N4S. The van der Waals surface area contributed by atoms with Gasteiger partial charge in [0.15, 0.2) is 0 Å². The van der Waals surface area contributed by atoms with Gasteiger partial charge in [0.2, 0.25) is 0 Å². The molecule has 0 aliphatic heterocycles. The summed E-state index contributed by atoms with van der Waals surface area (Å²) in [5.41, 5.74) is 0.533. The molecule has 0 aliphatic carbocycles. The zero-order valence-corrected chi connectivity index (χ0v) is 9.93. The van der Waals surface area contributed by atoms with Crippen LogP contribution in [0.25, 0.3) is 0 Å². The second-order valence-electron chi connectivity index (χ2n) is 3.17. The Balaban J connectivity index is 3.02. The van der Waals surface area contributed by atoms with Gasteiger partial charge in [-0.2, -0.15) is 5.26 Å². The van der Waals surface area contributed by atoms with Crippen LogP contribution in [0.2, 0.25) is 0 Å². The molecule has 0 radical (unpaired) electrons. The Morgan fingerprint density at radius 1 is 1.60 bits per heavy atom. The molecule has 1 rings (SSSR count). The van der Waals surface area contributed by atoms with Crippen molar-refractivity contribution in [2.45, 2.75) is 31.3 Å². The van der Waals surface area contributed by atoms with Crippen LogP contribution in [-0.2, 0) is 0 Å². The van der Waals surface area contributed by atoms with E-state index in [4.69, 9.17) is 5.26 Å². The minimum absolute atomic E-state index is 0.307. The molecule has 1 unspecified atom stereocenters. The van der Waals surface area contributed by atoms with Gasteiger partial charge in [-0.05, 0) is 19.6 Å². The van der Waals surface area contributed by atoms with Crippen LogP contribution < -0.4 is 5.32 Å². The molecule has 0 saturated carbocycles. The van der Waals surface area contributed by atoms with E-state index in [0.29, 0.717) is 17.4 Å². The van der Waals surface area contributed by atoms with Crippen molar-refractivity contribution in [1.82, 2.24) is 9.97 Å². The van der Waals surface area contributed by atoms with Gasteiger partial charge in [0, 0.05) is 6.04 Å². The van der Waals surface area contributed by atoms with E-state index in [9.17, 15) is 0 Å². The maximum atomic E-state index is 9.03. The number of hydrogen-bond acceptors (Lipinski definition) is 5. The molecule has 0 saturated heterocycles. The van der Waals surface area contributed by atoms with Crippen molar-refractivity contribution in [3.05, 3.63) is 11.9 Å². The minimum Gasteiger partial charge on any atom is -0.366 e. The van der Waals surface area contributed by atoms with Crippen LogP contribution >= 0.6 is 11.8 Å². The summed E-state index contributed by atoms with van der Waals surface area (Å²) in [4.78, 5) is 8.14. The zero-order chi connectivity index (χ0) is 11.3. The Morgan fingerprint density at radius 3 is 2.87 bits per heavy atom. The first kappa shape index (κ1) is 11.8. The SMILES string of the molecule is CCC(C)Nc1ncnc(SC)c1C#N. The standard InChI is InChI=1S/C10H14N4S/c1-4-7(2)14-9-8(5-11)10(15-3)13-6-12-9/h6-7H,4H2,1-3H3,(H,12,13,14). The van der Waals surface area contributed by atoms with E-state index in [1.54, 1.807) is 0 Å². The van der Waals surface area contributed by atoms with Gasteiger partial charge >= 0.3 is 0 Å². The number of nitriles is 1. The number of rotatable bonds is 4. The van der Waals surface area contributed by atoms with Crippen LogP contribution in [0.5, 0.6) is 0 Å². The fraction of sp³-hybridized carbons (Fsp3) is 0.500. The fourth-order valence-electron chi connectivity index (χ4n) is 1.07. The third-order valence-corrected chi connectivity index (χ3v) is 2.81. The lowest BCUT2D eigenvalue weighted by atomic mass is 10.2. The summed E-state index contributed by atoms with van der Waals surface area (Å²) in [6, 6.07) is 2.44. The van der Waals surface area contributed by atoms with Gasteiger partial charge in [0.25, 0.3) is 0 Å². The lowest BCUT2D eigenvalue weighted by Gasteiger charge is -2.13. The molecule has 15 heavy (non-hydrogen) atoms. The van der Waals surface area contributed by atoms with Crippen molar-refractivity contribution < 1.29 is 0 Å². The second-order valence-corrected chi connectivity index (χ2v) is 3.97. The van der Waals surface area contributed by atoms with E-state index in [2.05, 4.69) is 35.2 Å². The summed E-state index contributed by atoms with van der Waals surface area (Å²) >= 11 is 1.46. The number of thioether (sulfide) groups is 1. The highest BCUT2D eigenvalue weighted by atomic mass is 32.2. The first-order valence-corrected chi connectivity index (χ1v) is 6.01. The average Bonchev–Trinajstić information content (AvgIpc) is 2.28. The van der Waals surface area contributed by atoms with E-state index in [-0.39, 0.29) is 0 Å². The highest BCUT2D eigenvalue weighted by Crippen LogP contribution is 2.22. The zero-order valence-electron chi connectivity index (χ0n) is 9.11. The van der Waals surface area contributed by atoms with Crippen LogP contribution in [0.15, 0.2) is 11.4 Å². The van der Waals surface area contributed by atoms with Crippen LogP contribution in [0.4, 0.5) is 5.82 Å². The predicted molar refractivity (Wildman–Crippen MR) is 61.9 cm³/mol. The molecule has 0 aromatic carbocycles. The number of aromatic nitrogens is 2. The third kappa shape index (κ3) is 2.83. The lowest BCUT2D eigenvalue weighted by Crippen LogP contribution is -2.16. The molecule has 0 amide bonds. The molecule has 1 N–H and O–H groups in total. The van der Waals surface area contributed by atoms with Crippen molar-refractivity contribution in [3.63, 3.8) is 0 Å². The third-order valence-electron chi connectivity index (χ3n) is 2.11. The number of anilines is 1. The quantitative estimate of drug-likeness (QED) is 0.625. The fourth-order valence-corrected chi connectivity index (χ4v) is 1.57. The van der Waals surface area contributed by atoms with Gasteiger partial charge in [-0.1, -0.05) is 6.92 Å². The molecule has 0 aliphatic rings. The van der Waals surface area contributed by atoms with Gasteiger partial charge in [-0.3, -0.25) is 0 Å². The molecule has 0 bridgehead atoms. The number of nitrogens with zero attached hydrogens (tertiary/aromatic N) is 3. The first-order chi connectivity index (χ1) is 7.22. The van der Waals surface area contributed by atoms with Gasteiger partial charge in [-0.25, -0.2) is 9.97 Å². The van der Waals surface area contributed by atoms with E-state index < -0.39 is 0 Å². The smallest absolute Gasteiger partial charge is 0.148 e. The van der Waals surface area contributed by atoms with Crippen LogP contribution in [0, 0.1) is 11.3 Å². The Hall–Kier alpha value is -1.28. The van der Waals surface area contributed by atoms with Crippen LogP contribution in [0.1, 0.15) is 25.8 Å². The highest BCUT2D eigenvalue weighted by Gasteiger charge is 2.11. The van der Waals surface area contributed by atoms with Crippen molar-refractivity contribution in [3.8, 4) is 6.07 Å². The Morgan fingerprint density at radius 2 is 2.33 bits per heavy atom. The molecule has 1 aromatic heterocycles. The summed E-state index contributed by atoms with van der Waals surface area (Å²) in [5, 5.41) is 13.0. The molecule has 1 atom stereocenters. The summed E-state index contributed by atoms with van der Waals surface area (Å²) in [6.07, 6.45) is 4.37. The van der Waals surface area contributed by atoms with Crippen molar-refractivity contribution in [2.24, 2.45) is 0 Å². The van der Waals surface area contributed by atoms with Crippen LogP contribution in [-0.4, -0.2) is 22.3 Å². The van der Waals surface area contributed by atoms with Crippen molar-refractivity contribution >= 4 is 17.6 Å². The van der Waals surface area contributed by atoms with Gasteiger partial charge in [0.05, 0.1) is 0 Å². The van der Waals surface area contributed by atoms with Gasteiger partial charge < -0.3 is 5.32 Å². The molecular weight excluding hydrogens is 208 g/mol. The van der Waals surface area contributed by atoms with Crippen molar-refractivity contribution in [2.75, 3.05) is 11.6 Å². The first-order valence-electron chi connectivity index (χ1n) is 4.78. The summed E-state index contributed by atoms with van der Waals surface area (Å²) in [5.74, 6) is 0.631. The van der Waals surface area contributed by atoms with E-state index in [0.717, 1.165) is 11.4 Å². The lowest BCUT2D eigenvalue weighted by molar-refractivity contribution is 0.756. The highest BCUT2D eigenvalue weighted by molar-refractivity contribution is 7.98. The largest absolute Gasteiger partial charge is 0.366 e. The molecule has 0 fully saturated rings. The molecule has 1 aromatic rings. The molecule has 5 heteroatoms. The van der Waals surface area contributed by atoms with E-state index >= 15 is 0 Å². The summed E-state index contributed by atoms with van der Waals surface area (Å²) < 4.78 is 0. The maximum Gasteiger partial charge on any atom is 0.148 e.